The smallest absolute Gasteiger partial charge is 0.224 e. The van der Waals surface area contributed by atoms with E-state index in [1.807, 2.05) is 54.6 Å². The number of hydrogen-bond donors (Lipinski definition) is 2. The Bertz CT molecular complexity index is 891. The largest absolute Gasteiger partial charge is 0.394 e. The highest BCUT2D eigenvalue weighted by molar-refractivity contribution is 5.85. The first kappa shape index (κ1) is 15.9. The van der Waals surface area contributed by atoms with Crippen molar-refractivity contribution < 1.29 is 9.90 Å². The molecule has 0 saturated heterocycles. The molecule has 2 N–H and O–H groups in total. The zero-order valence-corrected chi connectivity index (χ0v) is 13.9. The van der Waals surface area contributed by atoms with Crippen LogP contribution in [0.5, 0.6) is 0 Å². The maximum absolute atomic E-state index is 12.6. The van der Waals surface area contributed by atoms with Crippen LogP contribution in [0.25, 0.3) is 10.8 Å². The zero-order valence-electron chi connectivity index (χ0n) is 13.9. The number of hydrogen-bond acceptors (Lipinski definition) is 2. The van der Waals surface area contributed by atoms with Gasteiger partial charge >= 0.3 is 0 Å². The van der Waals surface area contributed by atoms with Crippen molar-refractivity contribution in [1.29, 1.82) is 0 Å². The third-order valence-corrected chi connectivity index (χ3v) is 5.03. The van der Waals surface area contributed by atoms with E-state index >= 15 is 0 Å². The molecule has 1 unspecified atom stereocenters. The highest BCUT2D eigenvalue weighted by atomic mass is 16.3. The van der Waals surface area contributed by atoms with Crippen LogP contribution >= 0.6 is 0 Å². The van der Waals surface area contributed by atoms with Crippen molar-refractivity contribution in [3.05, 3.63) is 83.9 Å². The third kappa shape index (κ3) is 3.28. The van der Waals surface area contributed by atoms with Gasteiger partial charge in [-0.3, -0.25) is 4.79 Å². The molecular formula is C22H21NO2. The molecule has 25 heavy (non-hydrogen) atoms. The monoisotopic (exact) mass is 331 g/mol. The van der Waals surface area contributed by atoms with Crippen LogP contribution in [0.1, 0.15) is 29.5 Å². The average molecular weight is 331 g/mol. The Morgan fingerprint density at radius 1 is 1.00 bits per heavy atom. The lowest BCUT2D eigenvalue weighted by atomic mass is 10.0. The standard InChI is InChI=1S/C22H21NO2/c24-14-21(18-11-10-15-6-4-5-9-17(15)12-18)23-22(25)20-13-19(20)16-7-2-1-3-8-16/h1-12,19-21,24H,13-14H2,(H,23,25)/t19-,20+,21?/m0/s1. The Morgan fingerprint density at radius 2 is 1.72 bits per heavy atom. The van der Waals surface area contributed by atoms with Crippen LogP contribution in [0.2, 0.25) is 0 Å². The van der Waals surface area contributed by atoms with Crippen LogP contribution < -0.4 is 5.32 Å². The number of amides is 1. The molecule has 1 fully saturated rings. The Balaban J connectivity index is 1.47. The SMILES string of the molecule is O=C(NC(CO)c1ccc2ccccc2c1)[C@@H]1C[C@H]1c1ccccc1. The second-order valence-electron chi connectivity index (χ2n) is 6.71. The minimum absolute atomic E-state index is 0.0110. The van der Waals surface area contributed by atoms with E-state index in [2.05, 4.69) is 23.5 Å². The fraction of sp³-hybridized carbons (Fsp3) is 0.227. The molecule has 0 radical (unpaired) electrons. The summed E-state index contributed by atoms with van der Waals surface area (Å²) in [6.07, 6.45) is 0.881. The highest BCUT2D eigenvalue weighted by Gasteiger charge is 2.44. The topological polar surface area (TPSA) is 49.3 Å². The van der Waals surface area contributed by atoms with Gasteiger partial charge in [-0.2, -0.15) is 0 Å². The number of carbonyl (C=O) groups excluding carboxylic acids is 1. The van der Waals surface area contributed by atoms with Gasteiger partial charge in [0.1, 0.15) is 0 Å². The number of fused-ring (bicyclic) bond motifs is 1. The van der Waals surface area contributed by atoms with Gasteiger partial charge in [0.25, 0.3) is 0 Å². The summed E-state index contributed by atoms with van der Waals surface area (Å²) in [4.78, 5) is 12.6. The molecule has 4 rings (SSSR count). The molecule has 0 aliphatic heterocycles. The van der Waals surface area contributed by atoms with Crippen molar-refractivity contribution in [1.82, 2.24) is 5.32 Å². The van der Waals surface area contributed by atoms with Crippen LogP contribution in [0.4, 0.5) is 0 Å². The molecule has 0 bridgehead atoms. The summed E-state index contributed by atoms with van der Waals surface area (Å²) in [6.45, 7) is -0.104. The van der Waals surface area contributed by atoms with E-state index in [0.29, 0.717) is 5.92 Å². The highest BCUT2D eigenvalue weighted by Crippen LogP contribution is 2.47. The van der Waals surface area contributed by atoms with E-state index in [9.17, 15) is 9.90 Å². The lowest BCUT2D eigenvalue weighted by molar-refractivity contribution is -0.123. The number of aliphatic hydroxyl groups is 1. The summed E-state index contributed by atoms with van der Waals surface area (Å²) in [5.74, 6) is 0.343. The van der Waals surface area contributed by atoms with E-state index in [0.717, 1.165) is 22.8 Å². The van der Waals surface area contributed by atoms with E-state index in [1.54, 1.807) is 0 Å². The van der Waals surface area contributed by atoms with Crippen molar-refractivity contribution in [2.45, 2.75) is 18.4 Å². The van der Waals surface area contributed by atoms with Gasteiger partial charge in [0, 0.05) is 5.92 Å². The van der Waals surface area contributed by atoms with Crippen molar-refractivity contribution in [3.63, 3.8) is 0 Å². The van der Waals surface area contributed by atoms with Crippen LogP contribution in [-0.2, 0) is 4.79 Å². The lowest BCUT2D eigenvalue weighted by Gasteiger charge is -2.17. The molecule has 1 aliphatic carbocycles. The first-order chi connectivity index (χ1) is 12.3. The fourth-order valence-corrected chi connectivity index (χ4v) is 3.49. The lowest BCUT2D eigenvalue weighted by Crippen LogP contribution is -2.32. The minimum atomic E-state index is -0.367. The summed E-state index contributed by atoms with van der Waals surface area (Å²) in [7, 11) is 0. The van der Waals surface area contributed by atoms with Gasteiger partial charge in [-0.15, -0.1) is 0 Å². The summed E-state index contributed by atoms with van der Waals surface area (Å²) in [6, 6.07) is 23.9. The Labute approximate surface area is 147 Å². The summed E-state index contributed by atoms with van der Waals surface area (Å²) in [5.41, 5.74) is 2.15. The molecule has 1 saturated carbocycles. The first-order valence-electron chi connectivity index (χ1n) is 8.71. The van der Waals surface area contributed by atoms with E-state index < -0.39 is 0 Å². The van der Waals surface area contributed by atoms with Crippen molar-refractivity contribution >= 4 is 16.7 Å². The molecule has 0 spiro atoms. The first-order valence-corrected chi connectivity index (χ1v) is 8.71. The summed E-state index contributed by atoms with van der Waals surface area (Å²) in [5, 5.41) is 15.1. The van der Waals surface area contributed by atoms with Crippen LogP contribution in [-0.4, -0.2) is 17.6 Å². The normalized spacial score (nSPS) is 20.2. The van der Waals surface area contributed by atoms with E-state index in [1.165, 1.54) is 5.56 Å². The van der Waals surface area contributed by atoms with E-state index in [-0.39, 0.29) is 24.5 Å². The quantitative estimate of drug-likeness (QED) is 0.747. The number of carbonyl (C=O) groups is 1. The summed E-state index contributed by atoms with van der Waals surface area (Å²) < 4.78 is 0. The van der Waals surface area contributed by atoms with Crippen molar-refractivity contribution in [2.24, 2.45) is 5.92 Å². The van der Waals surface area contributed by atoms with E-state index in [4.69, 9.17) is 0 Å². The molecular weight excluding hydrogens is 310 g/mol. The minimum Gasteiger partial charge on any atom is -0.394 e. The molecule has 126 valence electrons. The van der Waals surface area contributed by atoms with Crippen molar-refractivity contribution in [3.8, 4) is 0 Å². The summed E-state index contributed by atoms with van der Waals surface area (Å²) >= 11 is 0. The van der Waals surface area contributed by atoms with Gasteiger partial charge in [-0.1, -0.05) is 66.7 Å². The molecule has 3 atom stereocenters. The maximum atomic E-state index is 12.6. The zero-order chi connectivity index (χ0) is 17.2. The van der Waals surface area contributed by atoms with Gasteiger partial charge in [0.05, 0.1) is 12.6 Å². The molecule has 0 heterocycles. The fourth-order valence-electron chi connectivity index (χ4n) is 3.49. The van der Waals surface area contributed by atoms with Gasteiger partial charge in [0.2, 0.25) is 5.91 Å². The predicted molar refractivity (Wildman–Crippen MR) is 99.2 cm³/mol. The van der Waals surface area contributed by atoms with Gasteiger partial charge in [-0.25, -0.2) is 0 Å². The second-order valence-corrected chi connectivity index (χ2v) is 6.71. The van der Waals surface area contributed by atoms with Crippen LogP contribution in [0.15, 0.2) is 72.8 Å². The van der Waals surface area contributed by atoms with Crippen LogP contribution in [0, 0.1) is 5.92 Å². The third-order valence-electron chi connectivity index (χ3n) is 5.03. The molecule has 3 aromatic carbocycles. The molecule has 0 aromatic heterocycles. The molecule has 1 amide bonds. The maximum Gasteiger partial charge on any atom is 0.224 e. The molecule has 3 aromatic rings. The second kappa shape index (κ2) is 6.69. The van der Waals surface area contributed by atoms with Gasteiger partial charge in [-0.05, 0) is 40.3 Å². The van der Waals surface area contributed by atoms with Gasteiger partial charge in [0.15, 0.2) is 0 Å². The Kier molecular flexibility index (Phi) is 4.24. The number of rotatable bonds is 5. The predicted octanol–water partition coefficient (Wildman–Crippen LogP) is 3.79. The Morgan fingerprint density at radius 3 is 2.48 bits per heavy atom. The average Bonchev–Trinajstić information content (AvgIpc) is 3.47. The van der Waals surface area contributed by atoms with Gasteiger partial charge < -0.3 is 10.4 Å². The molecule has 3 nitrogen and oxygen atoms in total. The number of aliphatic hydroxyl groups excluding tert-OH is 1. The number of benzene rings is 3. The Hall–Kier alpha value is -2.65. The van der Waals surface area contributed by atoms with Crippen molar-refractivity contribution in [2.75, 3.05) is 6.61 Å². The molecule has 3 heteroatoms. The molecule has 1 aliphatic rings. The van der Waals surface area contributed by atoms with Crippen LogP contribution in [0.3, 0.4) is 0 Å². The number of nitrogens with one attached hydrogen (secondary N) is 1.